The number of benzene rings is 2. The van der Waals surface area contributed by atoms with Gasteiger partial charge < -0.3 is 15.5 Å². The number of aromatic carboxylic acids is 2. The van der Waals surface area contributed by atoms with Crippen LogP contribution in [0.15, 0.2) is 54.6 Å². The predicted molar refractivity (Wildman–Crippen MR) is 115 cm³/mol. The van der Waals surface area contributed by atoms with Crippen molar-refractivity contribution in [3.05, 3.63) is 71.3 Å². The van der Waals surface area contributed by atoms with Crippen molar-refractivity contribution in [2.24, 2.45) is 23.7 Å². The Bertz CT molecular complexity index is 1200. The molecule has 0 radical (unpaired) electrons. The number of carboxylic acid groups (broad SMARTS) is 2. The number of allylic oxidation sites excluding steroid dienone is 2. The van der Waals surface area contributed by atoms with E-state index in [0.29, 0.717) is 5.69 Å². The minimum atomic E-state index is -1.33. The van der Waals surface area contributed by atoms with Gasteiger partial charge in [0, 0.05) is 11.3 Å². The maximum atomic E-state index is 12.9. The third-order valence-corrected chi connectivity index (χ3v) is 6.54. The van der Waals surface area contributed by atoms with E-state index < -0.39 is 17.8 Å². The number of fused-ring (bicyclic) bond motifs is 5. The Hall–Kier alpha value is -4.27. The molecule has 3 aliphatic rings. The molecule has 166 valence electrons. The highest BCUT2D eigenvalue weighted by Crippen LogP contribution is 2.53. The lowest BCUT2D eigenvalue weighted by molar-refractivity contribution is -0.123. The normalized spacial score (nSPS) is 24.8. The number of nitrogens with one attached hydrogen (secondary N) is 1. The molecule has 1 saturated heterocycles. The zero-order valence-corrected chi connectivity index (χ0v) is 17.1. The molecule has 2 aromatic rings. The predicted octanol–water partition coefficient (Wildman–Crippen LogP) is 2.65. The van der Waals surface area contributed by atoms with E-state index in [1.165, 1.54) is 29.2 Å². The molecule has 9 heteroatoms. The summed E-state index contributed by atoms with van der Waals surface area (Å²) in [6, 6.07) is 9.23. The molecule has 2 fully saturated rings. The van der Waals surface area contributed by atoms with Gasteiger partial charge in [-0.2, -0.15) is 0 Å². The molecule has 1 heterocycles. The third kappa shape index (κ3) is 3.29. The zero-order chi connectivity index (χ0) is 23.4. The van der Waals surface area contributed by atoms with Gasteiger partial charge in [0.2, 0.25) is 11.8 Å². The van der Waals surface area contributed by atoms with Gasteiger partial charge in [-0.25, -0.2) is 9.59 Å². The second-order valence-electron chi connectivity index (χ2n) is 8.42. The highest BCUT2D eigenvalue weighted by atomic mass is 16.4. The first kappa shape index (κ1) is 20.6. The molecule has 9 nitrogen and oxygen atoms in total. The van der Waals surface area contributed by atoms with E-state index in [2.05, 4.69) is 5.32 Å². The molecule has 0 spiro atoms. The Balaban J connectivity index is 1.35. The van der Waals surface area contributed by atoms with Crippen molar-refractivity contribution in [2.75, 3.05) is 10.2 Å². The minimum absolute atomic E-state index is 0.0158. The topological polar surface area (TPSA) is 141 Å². The van der Waals surface area contributed by atoms with Crippen LogP contribution >= 0.6 is 0 Å². The maximum absolute atomic E-state index is 12.9. The van der Waals surface area contributed by atoms with Crippen molar-refractivity contribution >= 4 is 41.0 Å². The number of amides is 3. The van der Waals surface area contributed by atoms with E-state index in [1.54, 1.807) is 0 Å². The van der Waals surface area contributed by atoms with Crippen LogP contribution in [0.2, 0.25) is 0 Å². The van der Waals surface area contributed by atoms with Gasteiger partial charge in [-0.05, 0) is 60.7 Å². The molecule has 0 unspecified atom stereocenters. The largest absolute Gasteiger partial charge is 0.478 e. The average molecular weight is 446 g/mol. The van der Waals surface area contributed by atoms with Crippen LogP contribution in [0.1, 0.15) is 37.5 Å². The summed E-state index contributed by atoms with van der Waals surface area (Å²) in [4.78, 5) is 62.2. The van der Waals surface area contributed by atoms with Crippen molar-refractivity contribution in [3.8, 4) is 0 Å². The molecule has 0 aromatic heterocycles. The quantitative estimate of drug-likeness (QED) is 0.474. The maximum Gasteiger partial charge on any atom is 0.335 e. The van der Waals surface area contributed by atoms with Gasteiger partial charge in [0.25, 0.3) is 5.91 Å². The Kier molecular flexibility index (Phi) is 4.63. The molecule has 2 bridgehead atoms. The van der Waals surface area contributed by atoms with Crippen LogP contribution in [0.25, 0.3) is 0 Å². The summed E-state index contributed by atoms with van der Waals surface area (Å²) in [5.74, 6) is -4.12. The van der Waals surface area contributed by atoms with Gasteiger partial charge in [-0.3, -0.25) is 19.3 Å². The molecule has 3 amide bonds. The average Bonchev–Trinajstić information content (AvgIpc) is 3.47. The van der Waals surface area contributed by atoms with E-state index in [9.17, 15) is 34.2 Å². The van der Waals surface area contributed by atoms with Crippen molar-refractivity contribution in [1.82, 2.24) is 0 Å². The first-order valence-electron chi connectivity index (χ1n) is 10.3. The lowest BCUT2D eigenvalue weighted by Crippen LogP contribution is -2.32. The number of hydrogen-bond acceptors (Lipinski definition) is 5. The van der Waals surface area contributed by atoms with E-state index in [0.717, 1.165) is 24.6 Å². The molecule has 3 N–H and O–H groups in total. The van der Waals surface area contributed by atoms with Gasteiger partial charge >= 0.3 is 11.9 Å². The molecular weight excluding hydrogens is 428 g/mol. The monoisotopic (exact) mass is 446 g/mol. The second-order valence-corrected chi connectivity index (χ2v) is 8.42. The molecule has 1 saturated carbocycles. The van der Waals surface area contributed by atoms with E-state index >= 15 is 0 Å². The number of nitrogens with zero attached hydrogens (tertiary/aromatic N) is 1. The van der Waals surface area contributed by atoms with E-state index in [-0.39, 0.29) is 57.9 Å². The minimum Gasteiger partial charge on any atom is -0.478 e. The van der Waals surface area contributed by atoms with Crippen LogP contribution < -0.4 is 10.2 Å². The summed E-state index contributed by atoms with van der Waals surface area (Å²) in [5.41, 5.74) is 0.0389. The number of carboxylic acids is 2. The summed E-state index contributed by atoms with van der Waals surface area (Å²) in [6.45, 7) is 0. The van der Waals surface area contributed by atoms with Gasteiger partial charge in [0.15, 0.2) is 0 Å². The summed E-state index contributed by atoms with van der Waals surface area (Å²) < 4.78 is 0. The summed E-state index contributed by atoms with van der Waals surface area (Å²) in [6.07, 6.45) is 4.87. The fraction of sp³-hybridized carbons (Fsp3) is 0.208. The number of rotatable bonds is 5. The lowest BCUT2D eigenvalue weighted by atomic mass is 9.85. The lowest BCUT2D eigenvalue weighted by Gasteiger charge is -2.17. The van der Waals surface area contributed by atoms with Crippen molar-refractivity contribution in [3.63, 3.8) is 0 Å². The summed E-state index contributed by atoms with van der Waals surface area (Å²) in [7, 11) is 0. The first-order valence-corrected chi connectivity index (χ1v) is 10.3. The van der Waals surface area contributed by atoms with Gasteiger partial charge in [-0.1, -0.05) is 12.2 Å². The highest BCUT2D eigenvalue weighted by molar-refractivity contribution is 6.23. The summed E-state index contributed by atoms with van der Waals surface area (Å²) in [5, 5.41) is 20.8. The fourth-order valence-electron chi connectivity index (χ4n) is 5.07. The van der Waals surface area contributed by atoms with Crippen LogP contribution in [0, 0.1) is 23.7 Å². The van der Waals surface area contributed by atoms with Gasteiger partial charge in [0.05, 0.1) is 28.7 Å². The third-order valence-electron chi connectivity index (χ3n) is 6.54. The Morgan fingerprint density at radius 1 is 0.788 bits per heavy atom. The smallest absolute Gasteiger partial charge is 0.335 e. The molecule has 4 atom stereocenters. The molecule has 5 rings (SSSR count). The Morgan fingerprint density at radius 3 is 1.79 bits per heavy atom. The molecule has 2 aliphatic carbocycles. The number of carbonyl (C=O) groups excluding carboxylic acids is 3. The van der Waals surface area contributed by atoms with Crippen LogP contribution in [0.4, 0.5) is 11.4 Å². The molecule has 2 aromatic carbocycles. The molecule has 1 aliphatic heterocycles. The number of hydrogen-bond donors (Lipinski definition) is 3. The SMILES string of the molecule is O=C(O)c1cc(NC(=O)c2ccc(N3C(=O)[C@H]4[C@H](C3=O)[C@H]3C=C[C@H]4C3)cc2)cc(C(=O)O)c1. The zero-order valence-electron chi connectivity index (χ0n) is 17.1. The van der Waals surface area contributed by atoms with Crippen molar-refractivity contribution < 1.29 is 34.2 Å². The van der Waals surface area contributed by atoms with Crippen LogP contribution in [-0.4, -0.2) is 39.9 Å². The highest BCUT2D eigenvalue weighted by Gasteiger charge is 2.59. The number of anilines is 2. The first-order chi connectivity index (χ1) is 15.7. The fourth-order valence-corrected chi connectivity index (χ4v) is 5.07. The standard InChI is InChI=1S/C24H18N2O7/c27-20(25-16-9-14(23(30)31)8-15(10-16)24(32)33)11-3-5-17(6-4-11)26-21(28)18-12-1-2-13(7-12)19(18)22(26)29/h1-6,8-10,12-13,18-19H,7H2,(H,25,27)(H,30,31)(H,32,33)/t12-,13-,18+,19+/m0/s1. The number of carbonyl (C=O) groups is 5. The van der Waals surface area contributed by atoms with Crippen molar-refractivity contribution in [2.45, 2.75) is 6.42 Å². The van der Waals surface area contributed by atoms with Gasteiger partial charge in [-0.15, -0.1) is 0 Å². The molecule has 33 heavy (non-hydrogen) atoms. The Labute approximate surface area is 187 Å². The Morgan fingerprint density at radius 2 is 1.30 bits per heavy atom. The van der Waals surface area contributed by atoms with Crippen LogP contribution in [-0.2, 0) is 9.59 Å². The van der Waals surface area contributed by atoms with Crippen LogP contribution in [0.5, 0.6) is 0 Å². The van der Waals surface area contributed by atoms with Gasteiger partial charge in [0.1, 0.15) is 0 Å². The van der Waals surface area contributed by atoms with Crippen molar-refractivity contribution in [1.29, 1.82) is 0 Å². The summed E-state index contributed by atoms with van der Waals surface area (Å²) >= 11 is 0. The van der Waals surface area contributed by atoms with Crippen LogP contribution in [0.3, 0.4) is 0 Å². The van der Waals surface area contributed by atoms with E-state index in [4.69, 9.17) is 0 Å². The molecular formula is C24H18N2O7. The second kappa shape index (κ2) is 7.40. The number of imide groups is 1. The van der Waals surface area contributed by atoms with E-state index in [1.807, 2.05) is 12.2 Å².